The lowest BCUT2D eigenvalue weighted by molar-refractivity contribution is -0.0608. The SMILES string of the molecule is O=c1c2c(sn1CC13CC4CC(CC(C4)C1)C3)CCC2. The number of rotatable bonds is 2. The number of hydrogen-bond acceptors (Lipinski definition) is 2. The molecule has 0 N–H and O–H groups in total. The molecule has 0 radical (unpaired) electrons. The first kappa shape index (κ1) is 12.0. The number of fused-ring (bicyclic) bond motifs is 1. The molecule has 0 amide bonds. The van der Waals surface area contributed by atoms with E-state index in [-0.39, 0.29) is 0 Å². The van der Waals surface area contributed by atoms with Crippen LogP contribution in [0.3, 0.4) is 0 Å². The van der Waals surface area contributed by atoms with E-state index in [0.29, 0.717) is 11.0 Å². The van der Waals surface area contributed by atoms with Crippen molar-refractivity contribution in [3.8, 4) is 0 Å². The predicted molar refractivity (Wildman–Crippen MR) is 81.2 cm³/mol. The van der Waals surface area contributed by atoms with Gasteiger partial charge in [0.1, 0.15) is 0 Å². The highest BCUT2D eigenvalue weighted by Gasteiger charge is 2.51. The van der Waals surface area contributed by atoms with Crippen LogP contribution in [0.1, 0.15) is 55.4 Å². The fourth-order valence-corrected chi connectivity index (χ4v) is 7.59. The van der Waals surface area contributed by atoms with Gasteiger partial charge >= 0.3 is 0 Å². The molecule has 0 saturated heterocycles. The zero-order valence-corrected chi connectivity index (χ0v) is 12.9. The minimum atomic E-state index is 0.373. The molecular weight excluding hydrogens is 266 g/mol. The summed E-state index contributed by atoms with van der Waals surface area (Å²) in [5.74, 6) is 2.97. The first-order valence-electron chi connectivity index (χ1n) is 8.43. The number of aromatic nitrogens is 1. The van der Waals surface area contributed by atoms with Crippen LogP contribution in [0, 0.1) is 23.2 Å². The monoisotopic (exact) mass is 289 g/mol. The Balaban J connectivity index is 1.48. The number of aryl methyl sites for hydroxylation is 1. The summed E-state index contributed by atoms with van der Waals surface area (Å²) in [6.45, 7) is 1.05. The van der Waals surface area contributed by atoms with E-state index < -0.39 is 0 Å². The highest BCUT2D eigenvalue weighted by Crippen LogP contribution is 2.60. The number of hydrogen-bond donors (Lipinski definition) is 0. The van der Waals surface area contributed by atoms with Gasteiger partial charge < -0.3 is 0 Å². The van der Waals surface area contributed by atoms with E-state index in [2.05, 4.69) is 3.96 Å². The third-order valence-electron chi connectivity index (χ3n) is 6.52. The molecule has 3 heteroatoms. The van der Waals surface area contributed by atoms with Crippen LogP contribution >= 0.6 is 11.5 Å². The molecule has 6 rings (SSSR count). The van der Waals surface area contributed by atoms with Gasteiger partial charge in [-0.2, -0.15) is 0 Å². The van der Waals surface area contributed by atoms with Crippen LogP contribution in [0.4, 0.5) is 0 Å². The van der Waals surface area contributed by atoms with Crippen LogP contribution < -0.4 is 5.56 Å². The lowest BCUT2D eigenvalue weighted by Crippen LogP contribution is -2.48. The Labute approximate surface area is 124 Å². The third kappa shape index (κ3) is 1.65. The van der Waals surface area contributed by atoms with Gasteiger partial charge in [0.05, 0.1) is 0 Å². The number of nitrogens with zero attached hydrogens (tertiary/aromatic N) is 1. The van der Waals surface area contributed by atoms with Gasteiger partial charge in [-0.15, -0.1) is 0 Å². The molecule has 1 heterocycles. The molecule has 20 heavy (non-hydrogen) atoms. The summed E-state index contributed by atoms with van der Waals surface area (Å²) in [4.78, 5) is 14.0. The van der Waals surface area contributed by atoms with E-state index in [1.165, 1.54) is 55.4 Å². The first-order chi connectivity index (χ1) is 9.71. The minimum absolute atomic E-state index is 0.373. The summed E-state index contributed by atoms with van der Waals surface area (Å²) in [5.41, 5.74) is 2.04. The van der Waals surface area contributed by atoms with Gasteiger partial charge in [-0.05, 0) is 81.0 Å². The maximum atomic E-state index is 12.6. The zero-order valence-electron chi connectivity index (χ0n) is 12.1. The maximum absolute atomic E-state index is 12.6. The first-order valence-corrected chi connectivity index (χ1v) is 9.20. The minimum Gasteiger partial charge on any atom is -0.268 e. The van der Waals surface area contributed by atoms with Gasteiger partial charge in [0.25, 0.3) is 5.56 Å². The molecule has 4 fully saturated rings. The Bertz CT molecular complexity index is 576. The average Bonchev–Trinajstić information content (AvgIpc) is 2.92. The van der Waals surface area contributed by atoms with Crippen molar-refractivity contribution in [2.45, 2.75) is 64.3 Å². The second kappa shape index (κ2) is 4.00. The van der Waals surface area contributed by atoms with E-state index in [1.807, 2.05) is 0 Å². The van der Waals surface area contributed by atoms with Crippen molar-refractivity contribution in [2.24, 2.45) is 23.2 Å². The van der Waals surface area contributed by atoms with Gasteiger partial charge in [0.2, 0.25) is 0 Å². The molecule has 0 atom stereocenters. The van der Waals surface area contributed by atoms with Crippen LogP contribution in [0.15, 0.2) is 4.79 Å². The second-order valence-electron chi connectivity index (χ2n) is 8.11. The molecule has 2 nitrogen and oxygen atoms in total. The van der Waals surface area contributed by atoms with Gasteiger partial charge in [-0.3, -0.25) is 8.75 Å². The van der Waals surface area contributed by atoms with E-state index in [1.54, 1.807) is 11.5 Å². The van der Waals surface area contributed by atoms with Crippen LogP contribution in [-0.2, 0) is 19.4 Å². The van der Waals surface area contributed by atoms with Crippen LogP contribution in [0.25, 0.3) is 0 Å². The van der Waals surface area contributed by atoms with Crippen molar-refractivity contribution < 1.29 is 0 Å². The molecule has 4 saturated carbocycles. The summed E-state index contributed by atoms with van der Waals surface area (Å²) in [7, 11) is 0. The van der Waals surface area contributed by atoms with Gasteiger partial charge in [0, 0.05) is 17.0 Å². The fraction of sp³-hybridized carbons (Fsp3) is 0.824. The Morgan fingerprint density at radius 3 is 2.30 bits per heavy atom. The van der Waals surface area contributed by atoms with E-state index in [4.69, 9.17) is 0 Å². The predicted octanol–water partition coefficient (Wildman–Crippen LogP) is 3.61. The highest BCUT2D eigenvalue weighted by atomic mass is 32.1. The Morgan fingerprint density at radius 2 is 1.70 bits per heavy atom. The average molecular weight is 289 g/mol. The molecule has 0 aromatic carbocycles. The van der Waals surface area contributed by atoms with Crippen molar-refractivity contribution in [3.05, 3.63) is 20.8 Å². The van der Waals surface area contributed by atoms with Crippen molar-refractivity contribution in [1.82, 2.24) is 3.96 Å². The van der Waals surface area contributed by atoms with Crippen molar-refractivity contribution in [1.29, 1.82) is 0 Å². The second-order valence-corrected chi connectivity index (χ2v) is 9.22. The summed E-state index contributed by atoms with van der Waals surface area (Å²) in [5, 5.41) is 0. The molecule has 0 spiro atoms. The topological polar surface area (TPSA) is 22.0 Å². The van der Waals surface area contributed by atoms with Crippen LogP contribution in [0.5, 0.6) is 0 Å². The normalized spacial score (nSPS) is 41.3. The summed E-state index contributed by atoms with van der Waals surface area (Å²) >= 11 is 1.80. The maximum Gasteiger partial charge on any atom is 0.264 e. The smallest absolute Gasteiger partial charge is 0.264 e. The Hall–Kier alpha value is -0.570. The highest BCUT2D eigenvalue weighted by molar-refractivity contribution is 7.06. The van der Waals surface area contributed by atoms with Crippen molar-refractivity contribution in [2.75, 3.05) is 0 Å². The molecule has 4 bridgehead atoms. The van der Waals surface area contributed by atoms with Crippen LogP contribution in [0.2, 0.25) is 0 Å². The standard InChI is InChI=1S/C17H23NOS/c19-16-14-2-1-3-15(14)20-18(16)10-17-7-11-4-12(8-17)6-13(5-11)9-17/h11-13H,1-10H2. The molecule has 1 aromatic rings. The van der Waals surface area contributed by atoms with Gasteiger partial charge in [-0.1, -0.05) is 11.5 Å². The zero-order chi connectivity index (χ0) is 13.3. The summed E-state index contributed by atoms with van der Waals surface area (Å²) in [6.07, 6.45) is 12.1. The Kier molecular flexibility index (Phi) is 2.40. The van der Waals surface area contributed by atoms with E-state index in [0.717, 1.165) is 37.1 Å². The lowest BCUT2D eigenvalue weighted by Gasteiger charge is -2.56. The molecular formula is C17H23NOS. The molecule has 0 aliphatic heterocycles. The quantitative estimate of drug-likeness (QED) is 0.815. The molecule has 5 aliphatic carbocycles. The molecule has 5 aliphatic rings. The molecule has 0 unspecified atom stereocenters. The van der Waals surface area contributed by atoms with E-state index in [9.17, 15) is 4.79 Å². The van der Waals surface area contributed by atoms with Gasteiger partial charge in [-0.25, -0.2) is 0 Å². The largest absolute Gasteiger partial charge is 0.268 e. The van der Waals surface area contributed by atoms with Gasteiger partial charge in [0.15, 0.2) is 0 Å². The summed E-state index contributed by atoms with van der Waals surface area (Å²) < 4.78 is 2.15. The van der Waals surface area contributed by atoms with Crippen LogP contribution in [-0.4, -0.2) is 3.96 Å². The summed E-state index contributed by atoms with van der Waals surface area (Å²) in [6, 6.07) is 0. The Morgan fingerprint density at radius 1 is 1.05 bits per heavy atom. The lowest BCUT2D eigenvalue weighted by atomic mass is 9.49. The molecule has 1 aromatic heterocycles. The third-order valence-corrected chi connectivity index (χ3v) is 7.70. The van der Waals surface area contributed by atoms with Crippen molar-refractivity contribution in [3.63, 3.8) is 0 Å². The fourth-order valence-electron chi connectivity index (χ4n) is 6.26. The molecule has 108 valence electrons. The van der Waals surface area contributed by atoms with E-state index >= 15 is 0 Å². The van der Waals surface area contributed by atoms with Crippen molar-refractivity contribution >= 4 is 11.5 Å².